The van der Waals surface area contributed by atoms with Gasteiger partial charge in [0.05, 0.1) is 0 Å². The number of hydrogen-bond acceptors (Lipinski definition) is 8. The predicted molar refractivity (Wildman–Crippen MR) is 95.8 cm³/mol. The van der Waals surface area contributed by atoms with Gasteiger partial charge in [0, 0.05) is 0 Å². The second-order valence-corrected chi connectivity index (χ2v) is 13.5. The van der Waals surface area contributed by atoms with Crippen LogP contribution >= 0.6 is 43.0 Å². The molecule has 2 saturated carbocycles. The van der Waals surface area contributed by atoms with E-state index in [1.807, 2.05) is 6.92 Å². The molecule has 5 aliphatic rings. The Balaban J connectivity index is 1.40. The molecule has 3 aliphatic heterocycles. The molecule has 132 valence electrons. The number of rotatable bonds is 4. The van der Waals surface area contributed by atoms with E-state index in [2.05, 4.69) is 29.7 Å². The minimum absolute atomic E-state index is 0.0514. The van der Waals surface area contributed by atoms with Crippen molar-refractivity contribution in [2.75, 3.05) is 7.11 Å². The summed E-state index contributed by atoms with van der Waals surface area (Å²) in [6, 6.07) is 0. The predicted octanol–water partition coefficient (Wildman–Crippen LogP) is 0.269. The van der Waals surface area contributed by atoms with Gasteiger partial charge in [-0.15, -0.1) is 0 Å². The fourth-order valence-electron chi connectivity index (χ4n) is 4.56. The second-order valence-electron chi connectivity index (χ2n) is 7.04. The molecule has 8 nitrogen and oxygen atoms in total. The number of carbonyl (C=O) groups is 3. The summed E-state index contributed by atoms with van der Waals surface area (Å²) < 4.78 is 21.9. The van der Waals surface area contributed by atoms with E-state index in [0.29, 0.717) is 6.42 Å². The molecule has 0 spiro atoms. The van der Waals surface area contributed by atoms with Crippen molar-refractivity contribution in [3.8, 4) is 0 Å². The number of fused-ring (bicyclic) bond motifs is 2. The third-order valence-electron chi connectivity index (χ3n) is 5.95. The van der Waals surface area contributed by atoms with Crippen molar-refractivity contribution < 1.29 is 28.6 Å². The second kappa shape index (κ2) is 4.74. The Morgan fingerprint density at radius 1 is 1.42 bits per heavy atom. The van der Waals surface area contributed by atoms with Crippen molar-refractivity contribution >= 4 is 60.9 Å². The van der Waals surface area contributed by atoms with Gasteiger partial charge in [-0.1, -0.05) is 0 Å². The molecule has 0 aromatic heterocycles. The van der Waals surface area contributed by atoms with Crippen molar-refractivity contribution in [3.63, 3.8) is 0 Å². The van der Waals surface area contributed by atoms with Crippen LogP contribution in [0.4, 0.5) is 0 Å². The molecule has 24 heavy (non-hydrogen) atoms. The molecule has 0 amide bonds. The Morgan fingerprint density at radius 2 is 2.08 bits per heavy atom. The summed E-state index contributed by atoms with van der Waals surface area (Å²) in [5.74, 6) is -2.36. The summed E-state index contributed by atoms with van der Waals surface area (Å²) in [6.07, 6.45) is -0.313. The monoisotopic (exact) mass is 562 g/mol. The third-order valence-corrected chi connectivity index (χ3v) is 13.1. The number of hydrogen-bond donors (Lipinski definition) is 2. The van der Waals surface area contributed by atoms with Crippen LogP contribution in [-0.4, -0.2) is 44.3 Å². The first-order valence-electron chi connectivity index (χ1n) is 7.75. The molecular formula is C14H16I2N2O6. The maximum absolute atomic E-state index is 12.8. The number of halogens is 2. The molecule has 0 aromatic rings. The van der Waals surface area contributed by atoms with Crippen molar-refractivity contribution in [2.45, 2.75) is 32.6 Å². The fourth-order valence-corrected chi connectivity index (χ4v) is 12.3. The van der Waals surface area contributed by atoms with Crippen LogP contribution in [0.25, 0.3) is 0 Å². The van der Waals surface area contributed by atoms with Crippen LogP contribution in [-0.2, 0) is 28.6 Å². The molecule has 5 fully saturated rings. The van der Waals surface area contributed by atoms with E-state index in [4.69, 9.17) is 14.2 Å². The quantitative estimate of drug-likeness (QED) is 0.0954. The van der Waals surface area contributed by atoms with E-state index in [-0.39, 0.29) is 27.4 Å². The van der Waals surface area contributed by atoms with E-state index in [0.717, 1.165) is 0 Å². The van der Waals surface area contributed by atoms with Crippen molar-refractivity contribution in [2.24, 2.45) is 23.7 Å². The average molecular weight is 562 g/mol. The SMILES string of the molecule is COC(=O)C1C2CC3C(OC(=O)C31)C2OC(=O)C(C)(I)C12NI1N2. The van der Waals surface area contributed by atoms with Gasteiger partial charge in [0.15, 0.2) is 0 Å². The summed E-state index contributed by atoms with van der Waals surface area (Å²) >= 11 is 0.836. The Hall–Kier alpha value is -0.210. The number of methoxy groups -OCH3 is 1. The molecule has 0 radical (unpaired) electrons. The molecule has 0 aromatic carbocycles. The average Bonchev–Trinajstić information content (AvgIpc) is 3.29. The Labute approximate surface area is 159 Å². The first-order chi connectivity index (χ1) is 11.3. The van der Waals surface area contributed by atoms with Gasteiger partial charge < -0.3 is 0 Å². The Kier molecular flexibility index (Phi) is 3.16. The van der Waals surface area contributed by atoms with Crippen LogP contribution in [0.3, 0.4) is 0 Å². The summed E-state index contributed by atoms with van der Waals surface area (Å²) in [7, 11) is 1.32. The number of esters is 3. The van der Waals surface area contributed by atoms with Crippen molar-refractivity contribution in [1.29, 1.82) is 0 Å². The van der Waals surface area contributed by atoms with E-state index in [1.54, 1.807) is 0 Å². The Bertz CT molecular complexity index is 678. The molecule has 2 N–H and O–H groups in total. The van der Waals surface area contributed by atoms with Gasteiger partial charge in [0.25, 0.3) is 0 Å². The van der Waals surface area contributed by atoms with Crippen LogP contribution < -0.4 is 7.06 Å². The van der Waals surface area contributed by atoms with Crippen molar-refractivity contribution in [3.05, 3.63) is 0 Å². The van der Waals surface area contributed by atoms with Crippen molar-refractivity contribution in [1.82, 2.24) is 7.06 Å². The van der Waals surface area contributed by atoms with Gasteiger partial charge >= 0.3 is 160 Å². The van der Waals surface area contributed by atoms with Gasteiger partial charge in [-0.2, -0.15) is 0 Å². The first-order valence-corrected chi connectivity index (χ1v) is 12.1. The standard InChI is InChI=1S/C14H16I2N2O6/c1-13(15,14-16(17-14)18-14)12(21)24-9-4-3-5-7(6(4)10(19)22-2)11(20)23-8(5)9/h4-9,17-18H,3H2,1-2H3. The molecule has 3 saturated heterocycles. The fraction of sp³-hybridized carbons (Fsp3) is 0.786. The zero-order chi connectivity index (χ0) is 17.0. The van der Waals surface area contributed by atoms with E-state index in [1.165, 1.54) is 7.11 Å². The molecule has 7 atom stereocenters. The number of alkyl halides is 2. The number of ether oxygens (including phenoxy) is 3. The summed E-state index contributed by atoms with van der Waals surface area (Å²) in [5, 5.41) is 0. The Morgan fingerprint density at radius 3 is 2.67 bits per heavy atom. The molecule has 7 unspecified atom stereocenters. The van der Waals surface area contributed by atoms with E-state index in [9.17, 15) is 14.4 Å². The van der Waals surface area contributed by atoms with Gasteiger partial charge in [0.2, 0.25) is 0 Å². The van der Waals surface area contributed by atoms with Gasteiger partial charge in [-0.25, -0.2) is 0 Å². The molecule has 5 rings (SSSR count). The first kappa shape index (κ1) is 16.0. The zero-order valence-electron chi connectivity index (χ0n) is 12.9. The van der Waals surface area contributed by atoms with Gasteiger partial charge in [-0.05, 0) is 0 Å². The van der Waals surface area contributed by atoms with Crippen LogP contribution in [0.1, 0.15) is 13.3 Å². The molecular weight excluding hydrogens is 546 g/mol. The molecule has 2 aliphatic carbocycles. The van der Waals surface area contributed by atoms with Crippen LogP contribution in [0.5, 0.6) is 0 Å². The third kappa shape index (κ3) is 1.78. The van der Waals surface area contributed by atoms with E-state index < -0.39 is 53.8 Å². The molecule has 10 heteroatoms. The minimum atomic E-state index is -1.29. The van der Waals surface area contributed by atoms with Crippen LogP contribution in [0, 0.1) is 23.7 Å². The van der Waals surface area contributed by atoms with Crippen LogP contribution in [0.2, 0.25) is 0 Å². The zero-order valence-corrected chi connectivity index (χ0v) is 17.2. The molecule has 3 heterocycles. The van der Waals surface area contributed by atoms with Crippen LogP contribution in [0.15, 0.2) is 0 Å². The normalized spacial score (nSPS) is 46.0. The van der Waals surface area contributed by atoms with E-state index >= 15 is 0 Å². The van der Waals surface area contributed by atoms with Gasteiger partial charge in [-0.3, -0.25) is 0 Å². The summed E-state index contributed by atoms with van der Waals surface area (Å²) in [5.41, 5.74) is 0. The van der Waals surface area contributed by atoms with Gasteiger partial charge in [0.1, 0.15) is 0 Å². The maximum atomic E-state index is 12.8. The topological polar surface area (TPSA) is 123 Å². The molecule has 2 bridgehead atoms. The number of carbonyl (C=O) groups excluding carboxylic acids is 3. The summed E-state index contributed by atoms with van der Waals surface area (Å²) in [4.78, 5) is 37.1. The summed E-state index contributed by atoms with van der Waals surface area (Å²) in [6.45, 7) is 1.86. The number of nitrogens with one attached hydrogen (secondary N) is 2.